The maximum absolute atomic E-state index is 13.9. The Morgan fingerprint density at radius 2 is 2.04 bits per heavy atom. The lowest BCUT2D eigenvalue weighted by Crippen LogP contribution is -2.38. The van der Waals surface area contributed by atoms with Gasteiger partial charge in [0, 0.05) is 37.1 Å². The Balaban J connectivity index is 1.97. The van der Waals surface area contributed by atoms with Crippen LogP contribution in [0.4, 0.5) is 20.6 Å². The molecule has 1 aliphatic heterocycles. The first-order chi connectivity index (χ1) is 11.5. The number of carbonyl (C=O) groups excluding carboxylic acids is 1. The van der Waals surface area contributed by atoms with E-state index in [0.717, 1.165) is 38.0 Å². The van der Waals surface area contributed by atoms with Crippen LogP contribution in [-0.4, -0.2) is 36.9 Å². The molecule has 0 aliphatic carbocycles. The van der Waals surface area contributed by atoms with Crippen LogP contribution in [0.2, 0.25) is 0 Å². The van der Waals surface area contributed by atoms with Crippen molar-refractivity contribution in [2.45, 2.75) is 45.6 Å². The minimum absolute atomic E-state index is 0.0150. The van der Waals surface area contributed by atoms with E-state index in [-0.39, 0.29) is 30.4 Å². The number of nitrogens with zero attached hydrogens (tertiary/aromatic N) is 1. The minimum Gasteiger partial charge on any atom is -0.396 e. The van der Waals surface area contributed by atoms with Crippen LogP contribution in [0.5, 0.6) is 0 Å². The highest BCUT2D eigenvalue weighted by Crippen LogP contribution is 2.25. The number of hydrogen-bond donors (Lipinski definition) is 3. The van der Waals surface area contributed by atoms with Gasteiger partial charge >= 0.3 is 6.03 Å². The van der Waals surface area contributed by atoms with Gasteiger partial charge in [-0.15, -0.1) is 0 Å². The third-order valence-corrected chi connectivity index (χ3v) is 4.44. The van der Waals surface area contributed by atoms with Crippen molar-refractivity contribution in [3.05, 3.63) is 24.0 Å². The molecule has 3 N–H and O–H groups in total. The summed E-state index contributed by atoms with van der Waals surface area (Å²) in [6.45, 7) is 5.88. The molecule has 1 saturated heterocycles. The molecule has 6 heteroatoms. The zero-order chi connectivity index (χ0) is 17.5. The van der Waals surface area contributed by atoms with Crippen molar-refractivity contribution < 1.29 is 14.3 Å². The second-order valence-corrected chi connectivity index (χ2v) is 6.62. The maximum atomic E-state index is 13.9. The molecule has 0 bridgehead atoms. The molecule has 2 atom stereocenters. The highest BCUT2D eigenvalue weighted by Gasteiger charge is 2.16. The summed E-state index contributed by atoms with van der Waals surface area (Å²) >= 11 is 0. The third kappa shape index (κ3) is 5.37. The lowest BCUT2D eigenvalue weighted by Gasteiger charge is -2.21. The molecule has 0 saturated carbocycles. The van der Waals surface area contributed by atoms with E-state index in [4.69, 9.17) is 5.11 Å². The fraction of sp³-hybridized carbons (Fsp3) is 0.611. The first-order valence-electron chi connectivity index (χ1n) is 8.75. The molecule has 1 heterocycles. The van der Waals surface area contributed by atoms with Crippen molar-refractivity contribution in [3.63, 3.8) is 0 Å². The van der Waals surface area contributed by atoms with Gasteiger partial charge in [-0.05, 0) is 49.8 Å². The van der Waals surface area contributed by atoms with E-state index >= 15 is 0 Å². The van der Waals surface area contributed by atoms with Crippen LogP contribution in [0.15, 0.2) is 18.2 Å². The number of aliphatic hydroxyl groups is 1. The predicted octanol–water partition coefficient (Wildman–Crippen LogP) is 3.34. The summed E-state index contributed by atoms with van der Waals surface area (Å²) < 4.78 is 13.9. The van der Waals surface area contributed by atoms with Crippen molar-refractivity contribution in [3.8, 4) is 0 Å². The highest BCUT2D eigenvalue weighted by atomic mass is 19.1. The lowest BCUT2D eigenvalue weighted by atomic mass is 10.0. The Morgan fingerprint density at radius 1 is 1.33 bits per heavy atom. The second-order valence-electron chi connectivity index (χ2n) is 6.62. The van der Waals surface area contributed by atoms with Crippen molar-refractivity contribution >= 4 is 17.4 Å². The highest BCUT2D eigenvalue weighted by molar-refractivity contribution is 5.90. The van der Waals surface area contributed by atoms with Crippen LogP contribution in [0.3, 0.4) is 0 Å². The number of anilines is 2. The molecule has 0 aromatic heterocycles. The van der Waals surface area contributed by atoms with Gasteiger partial charge in [-0.3, -0.25) is 0 Å². The number of aliphatic hydroxyl groups excluding tert-OH is 1. The Bertz CT molecular complexity index is 547. The molecule has 1 fully saturated rings. The summed E-state index contributed by atoms with van der Waals surface area (Å²) in [7, 11) is 0. The van der Waals surface area contributed by atoms with Gasteiger partial charge in [0.15, 0.2) is 0 Å². The second kappa shape index (κ2) is 8.87. The largest absolute Gasteiger partial charge is 0.396 e. The summed E-state index contributed by atoms with van der Waals surface area (Å²) in [5, 5.41) is 14.8. The van der Waals surface area contributed by atoms with Crippen LogP contribution in [0.1, 0.15) is 39.5 Å². The van der Waals surface area contributed by atoms with Gasteiger partial charge < -0.3 is 20.6 Å². The van der Waals surface area contributed by atoms with Gasteiger partial charge in [0.2, 0.25) is 0 Å². The number of amides is 2. The van der Waals surface area contributed by atoms with E-state index in [9.17, 15) is 9.18 Å². The molecule has 134 valence electrons. The smallest absolute Gasteiger partial charge is 0.319 e. The molecule has 2 amide bonds. The zero-order valence-corrected chi connectivity index (χ0v) is 14.5. The molecule has 2 rings (SSSR count). The number of benzene rings is 1. The summed E-state index contributed by atoms with van der Waals surface area (Å²) in [4.78, 5) is 14.3. The first kappa shape index (κ1) is 18.5. The molecule has 0 spiro atoms. The fourth-order valence-corrected chi connectivity index (χ4v) is 3.04. The van der Waals surface area contributed by atoms with Crippen molar-refractivity contribution in [1.82, 2.24) is 5.32 Å². The minimum atomic E-state index is -0.351. The predicted molar refractivity (Wildman–Crippen MR) is 94.9 cm³/mol. The molecule has 24 heavy (non-hydrogen) atoms. The van der Waals surface area contributed by atoms with E-state index < -0.39 is 0 Å². The van der Waals surface area contributed by atoms with E-state index in [1.54, 1.807) is 0 Å². The molecule has 2 unspecified atom stereocenters. The van der Waals surface area contributed by atoms with Crippen molar-refractivity contribution in [2.75, 3.05) is 29.9 Å². The normalized spacial score (nSPS) is 16.8. The van der Waals surface area contributed by atoms with Gasteiger partial charge in [0.25, 0.3) is 0 Å². The number of halogens is 1. The standard InChI is InChI=1S/C18H28FN3O2/c1-3-15(8-13(2)12-23)20-18(24)21-16-9-14(19)10-17(11-16)22-6-4-5-7-22/h9-11,13,15,23H,3-8,12H2,1-2H3,(H2,20,21,24). The zero-order valence-electron chi connectivity index (χ0n) is 14.5. The number of hydrogen-bond acceptors (Lipinski definition) is 3. The maximum Gasteiger partial charge on any atom is 0.319 e. The van der Waals surface area contributed by atoms with E-state index in [0.29, 0.717) is 12.1 Å². The topological polar surface area (TPSA) is 64.6 Å². The molecule has 1 aromatic carbocycles. The van der Waals surface area contributed by atoms with Gasteiger partial charge in [-0.1, -0.05) is 13.8 Å². The quantitative estimate of drug-likeness (QED) is 0.715. The van der Waals surface area contributed by atoms with Gasteiger partial charge in [0.1, 0.15) is 5.82 Å². The number of carbonyl (C=O) groups is 1. The van der Waals surface area contributed by atoms with Crippen molar-refractivity contribution in [1.29, 1.82) is 0 Å². The molecular formula is C18H28FN3O2. The fourth-order valence-electron chi connectivity index (χ4n) is 3.04. The molecule has 0 radical (unpaired) electrons. The average Bonchev–Trinajstić information content (AvgIpc) is 3.07. The summed E-state index contributed by atoms with van der Waals surface area (Å²) in [5.74, 6) is -0.221. The monoisotopic (exact) mass is 337 g/mol. The average molecular weight is 337 g/mol. The lowest BCUT2D eigenvalue weighted by molar-refractivity contribution is 0.213. The summed E-state index contributed by atoms with van der Waals surface area (Å²) in [6, 6.07) is 4.29. The number of urea groups is 1. The van der Waals surface area contributed by atoms with Gasteiger partial charge in [0.05, 0.1) is 0 Å². The third-order valence-electron chi connectivity index (χ3n) is 4.44. The Hall–Kier alpha value is -1.82. The van der Waals surface area contributed by atoms with Crippen LogP contribution >= 0.6 is 0 Å². The number of nitrogens with one attached hydrogen (secondary N) is 2. The Labute approximate surface area is 143 Å². The number of rotatable bonds is 7. The van der Waals surface area contributed by atoms with Crippen LogP contribution in [0, 0.1) is 11.7 Å². The van der Waals surface area contributed by atoms with Gasteiger partial charge in [-0.25, -0.2) is 9.18 Å². The molecular weight excluding hydrogens is 309 g/mol. The summed E-state index contributed by atoms with van der Waals surface area (Å²) in [6.07, 6.45) is 3.71. The first-order valence-corrected chi connectivity index (χ1v) is 8.75. The van der Waals surface area contributed by atoms with Crippen LogP contribution in [-0.2, 0) is 0 Å². The van der Waals surface area contributed by atoms with Crippen LogP contribution in [0.25, 0.3) is 0 Å². The molecule has 1 aromatic rings. The van der Waals surface area contributed by atoms with Crippen LogP contribution < -0.4 is 15.5 Å². The Kier molecular flexibility index (Phi) is 6.85. The van der Waals surface area contributed by atoms with Gasteiger partial charge in [-0.2, -0.15) is 0 Å². The SMILES string of the molecule is CCC(CC(C)CO)NC(=O)Nc1cc(F)cc(N2CCCC2)c1. The summed E-state index contributed by atoms with van der Waals surface area (Å²) in [5.41, 5.74) is 1.27. The van der Waals surface area contributed by atoms with E-state index in [1.807, 2.05) is 19.9 Å². The molecule has 5 nitrogen and oxygen atoms in total. The molecule has 1 aliphatic rings. The Morgan fingerprint density at radius 3 is 2.67 bits per heavy atom. The van der Waals surface area contributed by atoms with E-state index in [2.05, 4.69) is 15.5 Å². The van der Waals surface area contributed by atoms with E-state index in [1.165, 1.54) is 12.1 Å². The van der Waals surface area contributed by atoms with Crippen molar-refractivity contribution in [2.24, 2.45) is 5.92 Å².